The summed E-state index contributed by atoms with van der Waals surface area (Å²) in [6, 6.07) is 54.1. The Hall–Kier alpha value is -6.00. The zero-order valence-corrected chi connectivity index (χ0v) is 51.4. The molecule has 79 heavy (non-hydrogen) atoms. The SMILES string of the molecule is CC(C)c1ccc2c(c1)C1(C)CCCCCCC1(C)N2c1ccc2c(c1)N(c1ccc(C(C)(C)C)cc1)c1cc(C(C)(C)C)cc3c1B2c1cc2c(cc1N3c1ccc(C(C)(C)C)cc1-c1ccccc1)C(C)(C)CCC2(C)C. The van der Waals surface area contributed by atoms with Crippen LogP contribution in [0.5, 0.6) is 0 Å². The van der Waals surface area contributed by atoms with Crippen LogP contribution in [0.4, 0.5) is 45.5 Å². The van der Waals surface area contributed by atoms with E-state index < -0.39 is 0 Å². The second-order valence-corrected chi connectivity index (χ2v) is 30.2. The van der Waals surface area contributed by atoms with E-state index in [-0.39, 0.29) is 44.7 Å². The number of benzene rings is 7. The molecule has 2 aliphatic carbocycles. The molecule has 2 atom stereocenters. The molecule has 3 aliphatic heterocycles. The molecule has 0 amide bonds. The third kappa shape index (κ3) is 8.48. The lowest BCUT2D eigenvalue weighted by molar-refractivity contribution is 0.217. The monoisotopic (exact) mass is 1040 g/mol. The lowest BCUT2D eigenvalue weighted by Crippen LogP contribution is -2.62. The molecule has 4 heteroatoms. The molecule has 0 saturated heterocycles. The van der Waals surface area contributed by atoms with Gasteiger partial charge in [-0.2, -0.15) is 0 Å². The Kier molecular flexibility index (Phi) is 12.4. The van der Waals surface area contributed by atoms with Crippen LogP contribution in [0.1, 0.15) is 214 Å². The molecule has 5 aliphatic rings. The fourth-order valence-electron chi connectivity index (χ4n) is 15.2. The maximum atomic E-state index is 2.84. The number of nitrogens with zero attached hydrogens (tertiary/aromatic N) is 3. The van der Waals surface area contributed by atoms with Gasteiger partial charge in [0, 0.05) is 50.8 Å². The van der Waals surface area contributed by atoms with E-state index in [1.165, 1.54) is 138 Å². The fraction of sp³-hybridized carbons (Fsp3) is 0.440. The second-order valence-electron chi connectivity index (χ2n) is 30.2. The molecular weight excluding hydrogens is 954 g/mol. The molecular formula is C75H90BN3. The van der Waals surface area contributed by atoms with Gasteiger partial charge in [0.25, 0.3) is 6.71 Å². The van der Waals surface area contributed by atoms with Crippen molar-refractivity contribution < 1.29 is 0 Å². The van der Waals surface area contributed by atoms with E-state index in [0.29, 0.717) is 5.92 Å². The van der Waals surface area contributed by atoms with Crippen LogP contribution in [0.2, 0.25) is 0 Å². The normalized spacial score (nSPS) is 21.1. The van der Waals surface area contributed by atoms with E-state index >= 15 is 0 Å². The molecule has 0 bridgehead atoms. The van der Waals surface area contributed by atoms with Gasteiger partial charge in [-0.05, 0) is 187 Å². The van der Waals surface area contributed by atoms with Crippen LogP contribution in [0, 0.1) is 0 Å². The first-order valence-corrected chi connectivity index (χ1v) is 30.5. The summed E-state index contributed by atoms with van der Waals surface area (Å²) in [5.74, 6) is 0.469. The van der Waals surface area contributed by atoms with Crippen molar-refractivity contribution in [1.82, 2.24) is 0 Å². The third-order valence-corrected chi connectivity index (χ3v) is 20.6. The molecule has 408 valence electrons. The Morgan fingerprint density at radius 2 is 1.00 bits per heavy atom. The zero-order valence-electron chi connectivity index (χ0n) is 51.4. The van der Waals surface area contributed by atoms with Gasteiger partial charge in [0.05, 0.1) is 11.2 Å². The molecule has 3 nitrogen and oxygen atoms in total. The molecule has 0 spiro atoms. The lowest BCUT2D eigenvalue weighted by atomic mass is 9.33. The summed E-state index contributed by atoms with van der Waals surface area (Å²) >= 11 is 0. The van der Waals surface area contributed by atoms with Gasteiger partial charge in [0.2, 0.25) is 0 Å². The number of anilines is 8. The van der Waals surface area contributed by atoms with Gasteiger partial charge in [0.1, 0.15) is 0 Å². The smallest absolute Gasteiger partial charge is 0.252 e. The van der Waals surface area contributed by atoms with Crippen molar-refractivity contribution in [2.45, 2.75) is 213 Å². The van der Waals surface area contributed by atoms with Crippen LogP contribution in [-0.4, -0.2) is 12.3 Å². The van der Waals surface area contributed by atoms with Crippen LogP contribution >= 0.6 is 0 Å². The molecule has 3 heterocycles. The largest absolute Gasteiger partial charge is 0.334 e. The molecule has 7 aromatic carbocycles. The van der Waals surface area contributed by atoms with Crippen LogP contribution < -0.4 is 31.1 Å². The van der Waals surface area contributed by atoms with Crippen LogP contribution in [-0.2, 0) is 32.5 Å². The Morgan fingerprint density at radius 1 is 0.430 bits per heavy atom. The average Bonchev–Trinajstić information content (AvgIpc) is 2.79. The van der Waals surface area contributed by atoms with E-state index in [1.807, 2.05) is 0 Å². The standard InChI is InChI=1S/C75H90BN3/c1-48(2)50-27-35-63-59(41-50)74(16)37-23-18-19-24-38-75(74,17)79(63)55-33-34-60-64(45-55)77(54-31-28-51(29-32-54)69(3,4)5)66-43-53(71(9,10)11)44-67-68(66)76(60)61-46-57-58(73(14,15)40-39-72(57,12)13)47-65(61)78(67)62-36-30-52(70(6,7)8)42-56(62)49-25-21-20-22-26-49/h20-22,25-36,41-48H,18-19,23-24,37-40H2,1-17H3. The van der Waals surface area contributed by atoms with Crippen molar-refractivity contribution in [3.8, 4) is 11.1 Å². The van der Waals surface area contributed by atoms with Gasteiger partial charge in [-0.25, -0.2) is 0 Å². The number of fused-ring (bicyclic) bond motifs is 8. The topological polar surface area (TPSA) is 9.72 Å². The highest BCUT2D eigenvalue weighted by Gasteiger charge is 2.57. The first kappa shape index (κ1) is 53.6. The van der Waals surface area contributed by atoms with Gasteiger partial charge in [-0.15, -0.1) is 0 Å². The summed E-state index contributed by atoms with van der Waals surface area (Å²) in [6.45, 7) is 41.3. The van der Waals surface area contributed by atoms with Crippen LogP contribution in [0.25, 0.3) is 11.1 Å². The molecule has 2 unspecified atom stereocenters. The van der Waals surface area contributed by atoms with Crippen molar-refractivity contribution in [3.63, 3.8) is 0 Å². The average molecular weight is 1040 g/mol. The minimum atomic E-state index is -0.150. The highest BCUT2D eigenvalue weighted by molar-refractivity contribution is 7.00. The fourth-order valence-corrected chi connectivity index (χ4v) is 15.2. The number of rotatable bonds is 5. The van der Waals surface area contributed by atoms with Gasteiger partial charge in [-0.3, -0.25) is 0 Å². The maximum Gasteiger partial charge on any atom is 0.252 e. The maximum absolute atomic E-state index is 2.84. The summed E-state index contributed by atoms with van der Waals surface area (Å²) in [6.07, 6.45) is 9.82. The summed E-state index contributed by atoms with van der Waals surface area (Å²) < 4.78 is 0. The highest BCUT2D eigenvalue weighted by atomic mass is 15.3. The zero-order chi connectivity index (χ0) is 56.1. The van der Waals surface area contributed by atoms with Crippen LogP contribution in [0.3, 0.4) is 0 Å². The van der Waals surface area contributed by atoms with Gasteiger partial charge >= 0.3 is 0 Å². The van der Waals surface area contributed by atoms with E-state index in [0.717, 1.165) is 19.3 Å². The van der Waals surface area contributed by atoms with Crippen molar-refractivity contribution in [2.24, 2.45) is 0 Å². The van der Waals surface area contributed by atoms with Crippen molar-refractivity contribution in [1.29, 1.82) is 0 Å². The minimum absolute atomic E-state index is 0.00424. The summed E-state index contributed by atoms with van der Waals surface area (Å²) in [7, 11) is 0. The Morgan fingerprint density at radius 3 is 1.63 bits per heavy atom. The second kappa shape index (κ2) is 18.3. The van der Waals surface area contributed by atoms with E-state index in [2.05, 4.69) is 266 Å². The third-order valence-electron chi connectivity index (χ3n) is 20.6. The van der Waals surface area contributed by atoms with E-state index in [1.54, 1.807) is 5.56 Å². The van der Waals surface area contributed by atoms with E-state index in [9.17, 15) is 0 Å². The lowest BCUT2D eigenvalue weighted by Gasteiger charge is -2.49. The van der Waals surface area contributed by atoms with Crippen LogP contribution in [0.15, 0.2) is 133 Å². The van der Waals surface area contributed by atoms with Crippen molar-refractivity contribution in [3.05, 3.63) is 172 Å². The number of hydrogen-bond donors (Lipinski definition) is 0. The molecule has 0 radical (unpaired) electrons. The van der Waals surface area contributed by atoms with Gasteiger partial charge in [0.15, 0.2) is 0 Å². The minimum Gasteiger partial charge on any atom is -0.334 e. The quantitative estimate of drug-likeness (QED) is 0.159. The van der Waals surface area contributed by atoms with Crippen molar-refractivity contribution in [2.75, 3.05) is 14.7 Å². The molecule has 1 saturated carbocycles. The Balaban J connectivity index is 1.20. The molecule has 12 rings (SSSR count). The Labute approximate surface area is 477 Å². The molecule has 0 N–H and O–H groups in total. The highest BCUT2D eigenvalue weighted by Crippen LogP contribution is 2.61. The molecule has 7 aromatic rings. The predicted molar refractivity (Wildman–Crippen MR) is 343 cm³/mol. The first-order valence-electron chi connectivity index (χ1n) is 30.5. The summed E-state index contributed by atoms with van der Waals surface area (Å²) in [5.41, 5.74) is 26.8. The summed E-state index contributed by atoms with van der Waals surface area (Å²) in [5, 5.41) is 0. The molecule has 1 fully saturated rings. The number of hydrogen-bond acceptors (Lipinski definition) is 3. The van der Waals surface area contributed by atoms with Crippen molar-refractivity contribution >= 4 is 68.6 Å². The molecule has 0 aromatic heterocycles. The van der Waals surface area contributed by atoms with Gasteiger partial charge < -0.3 is 14.7 Å². The Bertz CT molecular complexity index is 3540. The van der Waals surface area contributed by atoms with Gasteiger partial charge in [-0.1, -0.05) is 209 Å². The first-order chi connectivity index (χ1) is 37.1. The predicted octanol–water partition coefficient (Wildman–Crippen LogP) is 19.3. The van der Waals surface area contributed by atoms with E-state index in [4.69, 9.17) is 0 Å². The summed E-state index contributed by atoms with van der Waals surface area (Å²) in [4.78, 5) is 8.27.